The van der Waals surface area contributed by atoms with Gasteiger partial charge in [-0.2, -0.15) is 0 Å². The lowest BCUT2D eigenvalue weighted by molar-refractivity contribution is 0.102. The van der Waals surface area contributed by atoms with E-state index in [0.29, 0.717) is 39.0 Å². The maximum Gasteiger partial charge on any atom is 0.273 e. The van der Waals surface area contributed by atoms with Gasteiger partial charge in [-0.3, -0.25) is 9.69 Å². The van der Waals surface area contributed by atoms with E-state index in [-0.39, 0.29) is 11.9 Å². The first-order valence-corrected chi connectivity index (χ1v) is 19.2. The van der Waals surface area contributed by atoms with Crippen molar-refractivity contribution in [3.63, 3.8) is 0 Å². The predicted octanol–water partition coefficient (Wildman–Crippen LogP) is 9.73. The fourth-order valence-corrected chi connectivity index (χ4v) is 8.38. The number of methoxy groups -OCH3 is 1. The summed E-state index contributed by atoms with van der Waals surface area (Å²) in [4.78, 5) is 33.0. The maximum atomic E-state index is 14.9. The number of anilines is 2. The van der Waals surface area contributed by atoms with Crippen LogP contribution in [-0.2, 0) is 0 Å². The molecule has 272 valence electrons. The molecular weight excluding hydrogens is 705 g/mol. The minimum Gasteiger partial charge on any atom is -0.494 e. The van der Waals surface area contributed by atoms with Crippen molar-refractivity contribution in [3.05, 3.63) is 113 Å². The highest BCUT2D eigenvalue weighted by molar-refractivity contribution is 6.31. The molecule has 0 unspecified atom stereocenters. The van der Waals surface area contributed by atoms with Gasteiger partial charge in [0, 0.05) is 76.6 Å². The molecule has 11 heteroatoms. The average molecular weight is 749 g/mol. The van der Waals surface area contributed by atoms with Crippen molar-refractivity contribution in [2.24, 2.45) is 0 Å². The Morgan fingerprint density at radius 1 is 0.906 bits per heavy atom. The van der Waals surface area contributed by atoms with Gasteiger partial charge in [0.25, 0.3) is 5.91 Å². The third-order valence-electron chi connectivity index (χ3n) is 10.9. The number of ether oxygens (including phenoxy) is 1. The van der Waals surface area contributed by atoms with E-state index >= 15 is 0 Å². The first kappa shape index (κ1) is 35.2. The molecule has 0 bridgehead atoms. The number of halogens is 2. The largest absolute Gasteiger partial charge is 0.494 e. The van der Waals surface area contributed by atoms with Gasteiger partial charge in [-0.05, 0) is 49.6 Å². The van der Waals surface area contributed by atoms with E-state index < -0.39 is 0 Å². The molecule has 6 aromatic rings. The van der Waals surface area contributed by atoms with Crippen molar-refractivity contribution in [3.8, 4) is 28.3 Å². The first-order valence-electron chi connectivity index (χ1n) is 18.4. The number of aromatic amines is 1. The summed E-state index contributed by atoms with van der Waals surface area (Å²) in [6.07, 6.45) is 10.1. The quantitative estimate of drug-likeness (QED) is 0.153. The van der Waals surface area contributed by atoms with Gasteiger partial charge in [0.15, 0.2) is 5.82 Å². The predicted molar refractivity (Wildman–Crippen MR) is 215 cm³/mol. The van der Waals surface area contributed by atoms with Gasteiger partial charge in [0.05, 0.1) is 30.9 Å². The number of nitrogens with one attached hydrogen (secondary N) is 2. The Balaban J connectivity index is 1.21. The van der Waals surface area contributed by atoms with Crippen LogP contribution in [0.2, 0.25) is 10.0 Å². The van der Waals surface area contributed by atoms with Crippen LogP contribution in [0.25, 0.3) is 33.4 Å². The summed E-state index contributed by atoms with van der Waals surface area (Å²) in [6.45, 7) is 5.68. The normalized spacial score (nSPS) is 16.2. The van der Waals surface area contributed by atoms with Crippen molar-refractivity contribution in [1.29, 1.82) is 0 Å². The monoisotopic (exact) mass is 747 g/mol. The highest BCUT2D eigenvalue weighted by Gasteiger charge is 2.31. The number of carbonyl (C=O) groups is 1. The zero-order chi connectivity index (χ0) is 36.5. The van der Waals surface area contributed by atoms with Crippen LogP contribution in [0.3, 0.4) is 0 Å². The fraction of sp³-hybridized carbons (Fsp3) is 0.310. The SMILES string of the molecule is COc1ccnc(N2CCN(C3CCCCC3)CC2)c1NC(=O)c1[nH]c2cc(Cl)ccc2c1-c1c(-c2ccccc2)ncn1[C@@H](C)c1ccc(Cl)cc1. The Morgan fingerprint density at radius 2 is 1.64 bits per heavy atom. The lowest BCUT2D eigenvalue weighted by Gasteiger charge is -2.41. The van der Waals surface area contributed by atoms with Crippen LogP contribution >= 0.6 is 23.2 Å². The van der Waals surface area contributed by atoms with Gasteiger partial charge in [0.2, 0.25) is 0 Å². The standard InChI is InChI=1S/C42H43Cl2N7O2/c1-27(28-13-15-30(43)16-14-28)51-26-46-37(29-9-5-3-6-10-29)40(51)36-33-18-17-31(44)25-34(33)47-39(36)42(52)48-38-35(53-2)19-20-45-41(38)50-23-21-49(22-24-50)32-11-7-4-8-12-32/h3,5-6,9-10,13-20,25-27,32,47H,4,7-8,11-12,21-24H2,1-2H3,(H,48,52)/t27-/m0/s1. The molecule has 2 aliphatic rings. The fourth-order valence-electron chi connectivity index (χ4n) is 8.08. The van der Waals surface area contributed by atoms with E-state index in [1.54, 1.807) is 19.4 Å². The number of rotatable bonds is 9. The number of nitrogens with zero attached hydrogens (tertiary/aromatic N) is 5. The molecule has 1 amide bonds. The number of pyridine rings is 1. The van der Waals surface area contributed by atoms with Gasteiger partial charge in [0.1, 0.15) is 17.1 Å². The molecule has 2 N–H and O–H groups in total. The Bertz CT molecular complexity index is 2220. The highest BCUT2D eigenvalue weighted by atomic mass is 35.5. The number of aromatic nitrogens is 4. The van der Waals surface area contributed by atoms with E-state index in [9.17, 15) is 4.79 Å². The third-order valence-corrected chi connectivity index (χ3v) is 11.4. The molecule has 1 saturated heterocycles. The number of piperazine rings is 1. The molecule has 1 aliphatic heterocycles. The zero-order valence-electron chi connectivity index (χ0n) is 30.0. The lowest BCUT2D eigenvalue weighted by atomic mass is 9.94. The molecule has 3 aromatic carbocycles. The second kappa shape index (κ2) is 15.3. The summed E-state index contributed by atoms with van der Waals surface area (Å²) in [5.74, 6) is 0.921. The van der Waals surface area contributed by atoms with E-state index in [4.69, 9.17) is 37.9 Å². The zero-order valence-corrected chi connectivity index (χ0v) is 31.5. The number of imidazole rings is 1. The number of hydrogen-bond acceptors (Lipinski definition) is 6. The Kier molecular flexibility index (Phi) is 10.1. The van der Waals surface area contributed by atoms with Crippen LogP contribution < -0.4 is 15.0 Å². The number of hydrogen-bond donors (Lipinski definition) is 2. The van der Waals surface area contributed by atoms with Crippen molar-refractivity contribution < 1.29 is 9.53 Å². The first-order chi connectivity index (χ1) is 25.9. The number of fused-ring (bicyclic) bond motifs is 1. The van der Waals surface area contributed by atoms with Crippen molar-refractivity contribution in [1.82, 2.24) is 24.4 Å². The molecule has 3 aromatic heterocycles. The Hall–Kier alpha value is -4.83. The molecule has 1 atom stereocenters. The van der Waals surface area contributed by atoms with Crippen molar-refractivity contribution >= 4 is 51.5 Å². The minimum absolute atomic E-state index is 0.141. The second-order valence-corrected chi connectivity index (χ2v) is 14.9. The van der Waals surface area contributed by atoms with Crippen LogP contribution in [0.1, 0.15) is 61.1 Å². The van der Waals surface area contributed by atoms with Crippen LogP contribution in [0.5, 0.6) is 5.75 Å². The lowest BCUT2D eigenvalue weighted by Crippen LogP contribution is -2.51. The number of H-pyrrole nitrogens is 1. The van der Waals surface area contributed by atoms with Gasteiger partial charge in [-0.15, -0.1) is 0 Å². The molecule has 0 spiro atoms. The van der Waals surface area contributed by atoms with E-state index in [2.05, 4.69) is 31.6 Å². The molecule has 2 fully saturated rings. The number of carbonyl (C=O) groups excluding carboxylic acids is 1. The summed E-state index contributed by atoms with van der Waals surface area (Å²) in [6, 6.07) is 25.8. The van der Waals surface area contributed by atoms with E-state index in [1.807, 2.05) is 79.1 Å². The van der Waals surface area contributed by atoms with Crippen molar-refractivity contribution in [2.75, 3.05) is 43.5 Å². The smallest absolute Gasteiger partial charge is 0.273 e. The van der Waals surface area contributed by atoms with E-state index in [1.165, 1.54) is 32.1 Å². The maximum absolute atomic E-state index is 14.9. The number of benzene rings is 3. The summed E-state index contributed by atoms with van der Waals surface area (Å²) < 4.78 is 7.98. The summed E-state index contributed by atoms with van der Waals surface area (Å²) in [7, 11) is 1.62. The summed E-state index contributed by atoms with van der Waals surface area (Å²) >= 11 is 12.8. The van der Waals surface area contributed by atoms with E-state index in [0.717, 1.165) is 65.2 Å². The second-order valence-electron chi connectivity index (χ2n) is 14.0. The highest BCUT2D eigenvalue weighted by Crippen LogP contribution is 2.42. The number of amides is 1. The van der Waals surface area contributed by atoms with Crippen LogP contribution in [0.4, 0.5) is 11.5 Å². The van der Waals surface area contributed by atoms with Crippen LogP contribution in [-0.4, -0.2) is 69.7 Å². The van der Waals surface area contributed by atoms with Gasteiger partial charge >= 0.3 is 0 Å². The van der Waals surface area contributed by atoms with Crippen LogP contribution in [0.15, 0.2) is 91.4 Å². The minimum atomic E-state index is -0.327. The molecule has 8 rings (SSSR count). The summed E-state index contributed by atoms with van der Waals surface area (Å²) in [5.41, 5.74) is 5.92. The van der Waals surface area contributed by atoms with Crippen LogP contribution in [0, 0.1) is 0 Å². The molecule has 1 saturated carbocycles. The molecule has 53 heavy (non-hydrogen) atoms. The summed E-state index contributed by atoms with van der Waals surface area (Å²) in [5, 5.41) is 5.33. The molecule has 9 nitrogen and oxygen atoms in total. The van der Waals surface area contributed by atoms with Gasteiger partial charge < -0.3 is 24.5 Å². The Morgan fingerprint density at radius 3 is 2.38 bits per heavy atom. The third kappa shape index (κ3) is 7.01. The van der Waals surface area contributed by atoms with Crippen molar-refractivity contribution in [2.45, 2.75) is 51.1 Å². The molecule has 1 aliphatic carbocycles. The average Bonchev–Trinajstić information content (AvgIpc) is 3.80. The molecule has 0 radical (unpaired) electrons. The van der Waals surface area contributed by atoms with Gasteiger partial charge in [-0.25, -0.2) is 9.97 Å². The Labute approximate surface area is 319 Å². The molecule has 4 heterocycles. The van der Waals surface area contributed by atoms with Gasteiger partial charge in [-0.1, -0.05) is 91.0 Å². The molecular formula is C42H43Cl2N7O2. The topological polar surface area (TPSA) is 91.3 Å².